The molecule has 1 saturated heterocycles. The van der Waals surface area contributed by atoms with Gasteiger partial charge in [-0.2, -0.15) is 4.98 Å². The second-order valence-electron chi connectivity index (χ2n) is 4.87. The van der Waals surface area contributed by atoms with Crippen molar-refractivity contribution < 1.29 is 4.42 Å². The van der Waals surface area contributed by atoms with Gasteiger partial charge in [-0.1, -0.05) is 0 Å². The van der Waals surface area contributed by atoms with Crippen molar-refractivity contribution in [2.45, 2.75) is 6.42 Å². The minimum absolute atomic E-state index is 0.709. The van der Waals surface area contributed by atoms with E-state index in [0.29, 0.717) is 11.7 Å². The molecule has 18 heavy (non-hydrogen) atoms. The summed E-state index contributed by atoms with van der Waals surface area (Å²) in [5, 5.41) is 0. The average Bonchev–Trinajstić information content (AvgIpc) is 2.63. The Morgan fingerprint density at radius 1 is 1.22 bits per heavy atom. The SMILES string of the molecule is CN1CCCN(c2nc3ccc(N)cc3o2)CC1. The van der Waals surface area contributed by atoms with Gasteiger partial charge in [0.2, 0.25) is 0 Å². The Morgan fingerprint density at radius 2 is 2.11 bits per heavy atom. The van der Waals surface area contributed by atoms with Crippen LogP contribution in [0.3, 0.4) is 0 Å². The van der Waals surface area contributed by atoms with Crippen LogP contribution in [0.5, 0.6) is 0 Å². The fourth-order valence-electron chi connectivity index (χ4n) is 2.30. The van der Waals surface area contributed by atoms with Crippen LogP contribution in [-0.2, 0) is 0 Å². The predicted molar refractivity (Wildman–Crippen MR) is 72.7 cm³/mol. The first-order chi connectivity index (χ1) is 8.72. The molecule has 0 amide bonds. The minimum atomic E-state index is 0.709. The van der Waals surface area contributed by atoms with Gasteiger partial charge in [0.15, 0.2) is 5.58 Å². The molecule has 0 atom stereocenters. The van der Waals surface area contributed by atoms with Crippen molar-refractivity contribution in [1.29, 1.82) is 0 Å². The van der Waals surface area contributed by atoms with Gasteiger partial charge in [0.25, 0.3) is 6.01 Å². The lowest BCUT2D eigenvalue weighted by Gasteiger charge is -2.17. The van der Waals surface area contributed by atoms with Crippen LogP contribution >= 0.6 is 0 Å². The summed E-state index contributed by atoms with van der Waals surface area (Å²) in [6.07, 6.45) is 1.14. The zero-order valence-electron chi connectivity index (χ0n) is 10.6. The molecule has 0 bridgehead atoms. The van der Waals surface area contributed by atoms with Gasteiger partial charge >= 0.3 is 0 Å². The molecule has 96 valence electrons. The molecule has 2 heterocycles. The molecule has 1 aliphatic heterocycles. The quantitative estimate of drug-likeness (QED) is 0.774. The number of hydrogen-bond acceptors (Lipinski definition) is 5. The Balaban J connectivity index is 1.89. The van der Waals surface area contributed by atoms with E-state index < -0.39 is 0 Å². The zero-order chi connectivity index (χ0) is 12.5. The molecule has 1 aliphatic rings. The van der Waals surface area contributed by atoms with E-state index in [2.05, 4.69) is 21.8 Å². The second-order valence-corrected chi connectivity index (χ2v) is 4.87. The molecule has 1 aromatic heterocycles. The van der Waals surface area contributed by atoms with E-state index in [1.807, 2.05) is 18.2 Å². The first-order valence-electron chi connectivity index (χ1n) is 6.32. The molecule has 0 spiro atoms. The first kappa shape index (κ1) is 11.3. The Morgan fingerprint density at radius 3 is 3.00 bits per heavy atom. The van der Waals surface area contributed by atoms with Crippen molar-refractivity contribution in [2.24, 2.45) is 0 Å². The molecule has 0 saturated carbocycles. The maximum atomic E-state index is 5.80. The molecule has 0 unspecified atom stereocenters. The van der Waals surface area contributed by atoms with Gasteiger partial charge in [-0.15, -0.1) is 0 Å². The van der Waals surface area contributed by atoms with Crippen LogP contribution in [0.2, 0.25) is 0 Å². The highest BCUT2D eigenvalue weighted by molar-refractivity contribution is 5.78. The summed E-state index contributed by atoms with van der Waals surface area (Å²) in [5.41, 5.74) is 8.09. The lowest BCUT2D eigenvalue weighted by molar-refractivity contribution is 0.359. The van der Waals surface area contributed by atoms with Crippen LogP contribution in [0.4, 0.5) is 11.7 Å². The molecular formula is C13H18N4O. The predicted octanol–water partition coefficient (Wildman–Crippen LogP) is 1.55. The molecule has 1 fully saturated rings. The fourth-order valence-corrected chi connectivity index (χ4v) is 2.30. The van der Waals surface area contributed by atoms with Gasteiger partial charge in [-0.25, -0.2) is 0 Å². The third kappa shape index (κ3) is 2.13. The van der Waals surface area contributed by atoms with Gasteiger partial charge < -0.3 is 20.0 Å². The van der Waals surface area contributed by atoms with Crippen molar-refractivity contribution >= 4 is 22.8 Å². The Labute approximate surface area is 106 Å². The summed E-state index contributed by atoms with van der Waals surface area (Å²) in [4.78, 5) is 9.07. The zero-order valence-corrected chi connectivity index (χ0v) is 10.6. The normalized spacial score (nSPS) is 18.2. The van der Waals surface area contributed by atoms with Gasteiger partial charge in [0.05, 0.1) is 0 Å². The number of likely N-dealkylation sites (N-methyl/N-ethyl adjacent to an activating group) is 1. The molecule has 2 aromatic rings. The summed E-state index contributed by atoms with van der Waals surface area (Å²) < 4.78 is 5.80. The van der Waals surface area contributed by atoms with Gasteiger partial charge in [-0.05, 0) is 32.1 Å². The Kier molecular flexibility index (Phi) is 2.83. The number of nitrogens with zero attached hydrogens (tertiary/aromatic N) is 3. The number of fused-ring (bicyclic) bond motifs is 1. The number of nitrogens with two attached hydrogens (primary N) is 1. The van der Waals surface area contributed by atoms with E-state index in [-0.39, 0.29) is 0 Å². The third-order valence-corrected chi connectivity index (χ3v) is 3.39. The molecule has 3 rings (SSSR count). The molecule has 1 aromatic carbocycles. The number of aromatic nitrogens is 1. The Hall–Kier alpha value is -1.75. The van der Waals surface area contributed by atoms with E-state index in [9.17, 15) is 0 Å². The third-order valence-electron chi connectivity index (χ3n) is 3.39. The van der Waals surface area contributed by atoms with Crippen LogP contribution in [0.15, 0.2) is 22.6 Å². The van der Waals surface area contributed by atoms with Crippen LogP contribution in [0.25, 0.3) is 11.1 Å². The molecule has 0 aliphatic carbocycles. The number of nitrogen functional groups attached to an aromatic ring is 1. The van der Waals surface area contributed by atoms with Crippen molar-refractivity contribution in [1.82, 2.24) is 9.88 Å². The highest BCUT2D eigenvalue weighted by Crippen LogP contribution is 2.24. The van der Waals surface area contributed by atoms with Crippen molar-refractivity contribution in [3.05, 3.63) is 18.2 Å². The van der Waals surface area contributed by atoms with Crippen molar-refractivity contribution in [2.75, 3.05) is 43.9 Å². The standard InChI is InChI=1S/C13H18N4O/c1-16-5-2-6-17(8-7-16)13-15-11-4-3-10(14)9-12(11)18-13/h3-4,9H,2,5-8,14H2,1H3. The molecule has 5 nitrogen and oxygen atoms in total. The van der Waals surface area contributed by atoms with Gasteiger partial charge in [0.1, 0.15) is 5.52 Å². The summed E-state index contributed by atoms with van der Waals surface area (Å²) in [5.74, 6) is 0. The topological polar surface area (TPSA) is 58.5 Å². The van der Waals surface area contributed by atoms with Crippen LogP contribution in [-0.4, -0.2) is 43.1 Å². The number of hydrogen-bond donors (Lipinski definition) is 1. The monoisotopic (exact) mass is 246 g/mol. The summed E-state index contributed by atoms with van der Waals surface area (Å²) in [6, 6.07) is 6.30. The number of oxazole rings is 1. The minimum Gasteiger partial charge on any atom is -0.423 e. The summed E-state index contributed by atoms with van der Waals surface area (Å²) in [7, 11) is 2.15. The van der Waals surface area contributed by atoms with Gasteiger partial charge in [0, 0.05) is 31.4 Å². The molecule has 0 radical (unpaired) electrons. The maximum Gasteiger partial charge on any atom is 0.298 e. The van der Waals surface area contributed by atoms with E-state index in [1.165, 1.54) is 0 Å². The van der Waals surface area contributed by atoms with Gasteiger partial charge in [-0.3, -0.25) is 0 Å². The van der Waals surface area contributed by atoms with Crippen LogP contribution in [0.1, 0.15) is 6.42 Å². The first-order valence-corrected chi connectivity index (χ1v) is 6.32. The largest absolute Gasteiger partial charge is 0.423 e. The highest BCUT2D eigenvalue weighted by atomic mass is 16.4. The van der Waals surface area contributed by atoms with E-state index in [1.54, 1.807) is 0 Å². The molecule has 5 heteroatoms. The number of anilines is 2. The van der Waals surface area contributed by atoms with E-state index in [4.69, 9.17) is 10.2 Å². The van der Waals surface area contributed by atoms with Crippen LogP contribution in [0, 0.1) is 0 Å². The van der Waals surface area contributed by atoms with Crippen molar-refractivity contribution in [3.63, 3.8) is 0 Å². The maximum absolute atomic E-state index is 5.80. The molecular weight excluding hydrogens is 228 g/mol. The second kappa shape index (κ2) is 4.49. The number of benzene rings is 1. The van der Waals surface area contributed by atoms with Crippen LogP contribution < -0.4 is 10.6 Å². The number of rotatable bonds is 1. The smallest absolute Gasteiger partial charge is 0.298 e. The van der Waals surface area contributed by atoms with Crippen molar-refractivity contribution in [3.8, 4) is 0 Å². The highest BCUT2D eigenvalue weighted by Gasteiger charge is 2.17. The summed E-state index contributed by atoms with van der Waals surface area (Å²) in [6.45, 7) is 4.12. The molecule has 2 N–H and O–H groups in total. The fraction of sp³-hybridized carbons (Fsp3) is 0.462. The lowest BCUT2D eigenvalue weighted by Crippen LogP contribution is -2.28. The van der Waals surface area contributed by atoms with E-state index in [0.717, 1.165) is 43.7 Å². The lowest BCUT2D eigenvalue weighted by atomic mass is 10.3. The summed E-state index contributed by atoms with van der Waals surface area (Å²) >= 11 is 0. The van der Waals surface area contributed by atoms with E-state index >= 15 is 0 Å². The Bertz CT molecular complexity index is 551. The average molecular weight is 246 g/mol.